The van der Waals surface area contributed by atoms with Crippen molar-refractivity contribution < 1.29 is 33.6 Å². The Morgan fingerprint density at radius 3 is 1.09 bits per heavy atom. The zero-order chi connectivity index (χ0) is 6.95. The number of rotatable bonds is 6. The van der Waals surface area contributed by atoms with E-state index in [2.05, 4.69) is 13.8 Å². The van der Waals surface area contributed by atoms with Crippen molar-refractivity contribution in [2.45, 2.75) is 44.9 Å². The van der Waals surface area contributed by atoms with Crippen molar-refractivity contribution in [3.8, 4) is 0 Å². The standard InChI is InChI=1S/C9H18.2Co/c1-3-5-7-9-8-6-4-2;;/h1-9H2;;/q-2;;. The van der Waals surface area contributed by atoms with E-state index in [9.17, 15) is 0 Å². The molecule has 0 heterocycles. The van der Waals surface area contributed by atoms with E-state index in [1.165, 1.54) is 32.1 Å². The molecule has 74 valence electrons. The summed E-state index contributed by atoms with van der Waals surface area (Å²) in [5.74, 6) is 0. The van der Waals surface area contributed by atoms with Crippen LogP contribution in [0.4, 0.5) is 0 Å². The molecule has 0 aliphatic carbocycles. The van der Waals surface area contributed by atoms with Gasteiger partial charge in [0.1, 0.15) is 0 Å². The molecule has 0 aliphatic heterocycles. The second kappa shape index (κ2) is 17.2. The molecule has 0 aromatic rings. The van der Waals surface area contributed by atoms with E-state index in [-0.39, 0.29) is 33.6 Å². The van der Waals surface area contributed by atoms with Gasteiger partial charge < -0.3 is 13.8 Å². The molecule has 0 fully saturated rings. The third-order valence-electron chi connectivity index (χ3n) is 1.50. The average molecular weight is 244 g/mol. The van der Waals surface area contributed by atoms with Crippen molar-refractivity contribution in [3.63, 3.8) is 0 Å². The fourth-order valence-electron chi connectivity index (χ4n) is 0.884. The van der Waals surface area contributed by atoms with Crippen LogP contribution in [0, 0.1) is 13.8 Å². The maximum atomic E-state index is 3.79. The number of unbranched alkanes of at least 4 members (excludes halogenated alkanes) is 6. The van der Waals surface area contributed by atoms with Gasteiger partial charge >= 0.3 is 0 Å². The van der Waals surface area contributed by atoms with Crippen molar-refractivity contribution >= 4 is 0 Å². The van der Waals surface area contributed by atoms with Gasteiger partial charge in [-0.1, -0.05) is 32.1 Å². The van der Waals surface area contributed by atoms with Gasteiger partial charge in [0.2, 0.25) is 0 Å². The van der Waals surface area contributed by atoms with E-state index in [4.69, 9.17) is 0 Å². The van der Waals surface area contributed by atoms with Crippen LogP contribution in [0.2, 0.25) is 0 Å². The molecule has 0 saturated heterocycles. The summed E-state index contributed by atoms with van der Waals surface area (Å²) in [6.45, 7) is 7.58. The Bertz CT molecular complexity index is 40.8. The summed E-state index contributed by atoms with van der Waals surface area (Å²) >= 11 is 0. The Kier molecular flexibility index (Phi) is 28.0. The Hall–Kier alpha value is 1.01. The molecule has 0 bridgehead atoms. The topological polar surface area (TPSA) is 0 Å². The van der Waals surface area contributed by atoms with Crippen LogP contribution < -0.4 is 0 Å². The van der Waals surface area contributed by atoms with Gasteiger partial charge in [0, 0.05) is 33.6 Å². The minimum Gasteiger partial charge on any atom is -0.343 e. The van der Waals surface area contributed by atoms with E-state index in [0.29, 0.717) is 0 Å². The molecule has 11 heavy (non-hydrogen) atoms. The zero-order valence-electron chi connectivity index (χ0n) is 7.03. The van der Waals surface area contributed by atoms with Crippen LogP contribution in [0.3, 0.4) is 0 Å². The molecule has 0 atom stereocenters. The molecule has 0 aliphatic rings. The van der Waals surface area contributed by atoms with Gasteiger partial charge in [-0.15, -0.1) is 0 Å². The van der Waals surface area contributed by atoms with E-state index in [1.807, 2.05) is 0 Å². The molecule has 2 radical (unpaired) electrons. The van der Waals surface area contributed by atoms with E-state index in [1.54, 1.807) is 0 Å². The third kappa shape index (κ3) is 18.2. The molecule has 0 aromatic heterocycles. The molecule has 0 saturated carbocycles. The Labute approximate surface area is 92.3 Å². The molecule has 0 rings (SSSR count). The molecule has 0 amide bonds. The summed E-state index contributed by atoms with van der Waals surface area (Å²) in [5.41, 5.74) is 0. The third-order valence-corrected chi connectivity index (χ3v) is 1.50. The normalized spacial score (nSPS) is 8.18. The Morgan fingerprint density at radius 2 is 0.818 bits per heavy atom. The van der Waals surface area contributed by atoms with Crippen LogP contribution in [0.1, 0.15) is 44.9 Å². The predicted octanol–water partition coefficient (Wildman–Crippen LogP) is 3.38. The minimum atomic E-state index is 0. The van der Waals surface area contributed by atoms with Crippen LogP contribution in [0.5, 0.6) is 0 Å². The average Bonchev–Trinajstić information content (AvgIpc) is 1.89. The van der Waals surface area contributed by atoms with E-state index < -0.39 is 0 Å². The fraction of sp³-hybridized carbons (Fsp3) is 0.778. The van der Waals surface area contributed by atoms with E-state index in [0.717, 1.165) is 12.8 Å². The Morgan fingerprint density at radius 1 is 0.545 bits per heavy atom. The van der Waals surface area contributed by atoms with Crippen LogP contribution in [-0.4, -0.2) is 0 Å². The van der Waals surface area contributed by atoms with Crippen LogP contribution in [0.25, 0.3) is 0 Å². The second-order valence-corrected chi connectivity index (χ2v) is 2.47. The second-order valence-electron chi connectivity index (χ2n) is 2.47. The summed E-state index contributed by atoms with van der Waals surface area (Å²) in [7, 11) is 0. The van der Waals surface area contributed by atoms with Gasteiger partial charge in [0.05, 0.1) is 0 Å². The first-order valence-corrected chi connectivity index (χ1v) is 4.00. The van der Waals surface area contributed by atoms with Crippen molar-refractivity contribution in [3.05, 3.63) is 13.8 Å². The number of hydrogen-bond donors (Lipinski definition) is 0. The largest absolute Gasteiger partial charge is 0.343 e. The summed E-state index contributed by atoms with van der Waals surface area (Å²) in [6, 6.07) is 0. The zero-order valence-corrected chi connectivity index (χ0v) is 9.11. The van der Waals surface area contributed by atoms with Crippen molar-refractivity contribution in [1.29, 1.82) is 0 Å². The summed E-state index contributed by atoms with van der Waals surface area (Å²) in [5, 5.41) is 0. The maximum Gasteiger partial charge on any atom is 0 e. The van der Waals surface area contributed by atoms with E-state index >= 15 is 0 Å². The SMILES string of the molecule is [CH2-]CCCCCCC[CH2-].[Co].[Co]. The van der Waals surface area contributed by atoms with Gasteiger partial charge in [-0.3, -0.25) is 0 Å². The van der Waals surface area contributed by atoms with Gasteiger partial charge in [-0.25, -0.2) is 0 Å². The summed E-state index contributed by atoms with van der Waals surface area (Å²) < 4.78 is 0. The molecular weight excluding hydrogens is 226 g/mol. The van der Waals surface area contributed by atoms with Gasteiger partial charge in [0.15, 0.2) is 0 Å². The molecule has 0 nitrogen and oxygen atoms in total. The fourth-order valence-corrected chi connectivity index (χ4v) is 0.884. The van der Waals surface area contributed by atoms with Crippen LogP contribution in [-0.2, 0) is 33.6 Å². The van der Waals surface area contributed by atoms with Crippen LogP contribution >= 0.6 is 0 Å². The molecular formula is C9H18Co2-2. The van der Waals surface area contributed by atoms with Gasteiger partial charge in [-0.05, 0) is 0 Å². The predicted molar refractivity (Wildman–Crippen MR) is 43.0 cm³/mol. The van der Waals surface area contributed by atoms with Crippen molar-refractivity contribution in [2.24, 2.45) is 0 Å². The molecule has 0 spiro atoms. The summed E-state index contributed by atoms with van der Waals surface area (Å²) in [4.78, 5) is 0. The number of hydrogen-bond acceptors (Lipinski definition) is 0. The smallest absolute Gasteiger partial charge is 0 e. The maximum absolute atomic E-state index is 3.79. The van der Waals surface area contributed by atoms with Crippen molar-refractivity contribution in [2.75, 3.05) is 0 Å². The van der Waals surface area contributed by atoms with Crippen molar-refractivity contribution in [1.82, 2.24) is 0 Å². The first-order chi connectivity index (χ1) is 4.41. The van der Waals surface area contributed by atoms with Gasteiger partial charge in [-0.2, -0.15) is 12.8 Å². The summed E-state index contributed by atoms with van der Waals surface area (Å²) in [6.07, 6.45) is 8.92. The monoisotopic (exact) mass is 244 g/mol. The first-order valence-electron chi connectivity index (χ1n) is 4.00. The Balaban J connectivity index is -0.000000320. The van der Waals surface area contributed by atoms with Crippen LogP contribution in [0.15, 0.2) is 0 Å². The molecule has 0 N–H and O–H groups in total. The molecule has 0 aromatic carbocycles. The molecule has 2 heteroatoms. The minimum absolute atomic E-state index is 0. The first kappa shape index (κ1) is 17.9. The quantitative estimate of drug-likeness (QED) is 0.496. The van der Waals surface area contributed by atoms with Gasteiger partial charge in [0.25, 0.3) is 0 Å². The molecule has 0 unspecified atom stereocenters.